The standard InChI is InChI=1S/C24H22N2O2/c27-24(17-19-7-10-22(11-8-19)26-14-3-4-15-26)25-13-16-28-23-12-9-20-5-1-2-6-21(20)18-23/h1-12,14-15,18H,13,16-17H2,(H,25,27). The van der Waals surface area contributed by atoms with Crippen LogP contribution in [0.15, 0.2) is 91.3 Å². The van der Waals surface area contributed by atoms with Crippen molar-refractivity contribution in [2.75, 3.05) is 13.2 Å². The Balaban J connectivity index is 1.23. The average Bonchev–Trinajstić information content (AvgIpc) is 3.26. The number of nitrogens with zero attached hydrogens (tertiary/aromatic N) is 1. The molecule has 0 bridgehead atoms. The smallest absolute Gasteiger partial charge is 0.224 e. The lowest BCUT2D eigenvalue weighted by Gasteiger charge is -2.09. The fraction of sp³-hybridized carbons (Fsp3) is 0.125. The molecule has 4 nitrogen and oxygen atoms in total. The second-order valence-corrected chi connectivity index (χ2v) is 6.64. The minimum absolute atomic E-state index is 0.00387. The lowest BCUT2D eigenvalue weighted by Crippen LogP contribution is -2.29. The molecule has 1 heterocycles. The first-order valence-electron chi connectivity index (χ1n) is 9.38. The van der Waals surface area contributed by atoms with Gasteiger partial charge in [0, 0.05) is 18.1 Å². The van der Waals surface area contributed by atoms with Crippen LogP contribution in [0, 0.1) is 0 Å². The van der Waals surface area contributed by atoms with Crippen molar-refractivity contribution in [3.8, 4) is 11.4 Å². The van der Waals surface area contributed by atoms with Crippen LogP contribution in [0.2, 0.25) is 0 Å². The summed E-state index contributed by atoms with van der Waals surface area (Å²) in [6.07, 6.45) is 4.36. The number of ether oxygens (including phenoxy) is 1. The molecule has 0 saturated carbocycles. The number of benzene rings is 3. The Hall–Kier alpha value is -3.53. The Bertz CT molecular complexity index is 1050. The Morgan fingerprint density at radius 2 is 1.61 bits per heavy atom. The van der Waals surface area contributed by atoms with E-state index in [9.17, 15) is 4.79 Å². The number of carbonyl (C=O) groups is 1. The largest absolute Gasteiger partial charge is 0.492 e. The lowest BCUT2D eigenvalue weighted by molar-refractivity contribution is -0.120. The summed E-state index contributed by atoms with van der Waals surface area (Å²) < 4.78 is 7.79. The van der Waals surface area contributed by atoms with Crippen molar-refractivity contribution in [2.24, 2.45) is 0 Å². The summed E-state index contributed by atoms with van der Waals surface area (Å²) in [4.78, 5) is 12.1. The molecule has 4 heteroatoms. The first kappa shape index (κ1) is 17.9. The highest BCUT2D eigenvalue weighted by Gasteiger charge is 2.04. The first-order valence-corrected chi connectivity index (χ1v) is 9.38. The SMILES string of the molecule is O=C(Cc1ccc(-n2cccc2)cc1)NCCOc1ccc2ccccc2c1. The third-order valence-electron chi connectivity index (χ3n) is 4.62. The number of fused-ring (bicyclic) bond motifs is 1. The topological polar surface area (TPSA) is 43.3 Å². The van der Waals surface area contributed by atoms with Crippen LogP contribution >= 0.6 is 0 Å². The predicted octanol–water partition coefficient (Wildman–Crippen LogP) is 4.37. The second-order valence-electron chi connectivity index (χ2n) is 6.64. The third kappa shape index (κ3) is 4.41. The number of nitrogens with one attached hydrogen (secondary N) is 1. The molecule has 0 unspecified atom stereocenters. The van der Waals surface area contributed by atoms with E-state index in [1.165, 1.54) is 5.39 Å². The van der Waals surface area contributed by atoms with Crippen LogP contribution < -0.4 is 10.1 Å². The highest BCUT2D eigenvalue weighted by Crippen LogP contribution is 2.20. The maximum atomic E-state index is 12.1. The zero-order valence-electron chi connectivity index (χ0n) is 15.5. The van der Waals surface area contributed by atoms with Crippen LogP contribution in [-0.2, 0) is 11.2 Å². The minimum Gasteiger partial charge on any atom is -0.492 e. The molecular formula is C24H22N2O2. The number of hydrogen-bond donors (Lipinski definition) is 1. The molecule has 0 radical (unpaired) electrons. The van der Waals surface area contributed by atoms with Crippen molar-refractivity contribution >= 4 is 16.7 Å². The number of hydrogen-bond acceptors (Lipinski definition) is 2. The Morgan fingerprint density at radius 3 is 2.39 bits per heavy atom. The molecule has 28 heavy (non-hydrogen) atoms. The number of carbonyl (C=O) groups excluding carboxylic acids is 1. The molecule has 0 saturated heterocycles. The summed E-state index contributed by atoms with van der Waals surface area (Å²) in [6.45, 7) is 0.920. The van der Waals surface area contributed by atoms with Gasteiger partial charge in [-0.15, -0.1) is 0 Å². The van der Waals surface area contributed by atoms with Crippen molar-refractivity contribution in [1.29, 1.82) is 0 Å². The Morgan fingerprint density at radius 1 is 0.857 bits per heavy atom. The summed E-state index contributed by atoms with van der Waals surface area (Å²) in [5.74, 6) is 0.810. The summed E-state index contributed by atoms with van der Waals surface area (Å²) in [6, 6.07) is 26.2. The van der Waals surface area contributed by atoms with Crippen LogP contribution in [0.4, 0.5) is 0 Å². The molecule has 0 aliphatic heterocycles. The molecule has 3 aromatic carbocycles. The molecule has 4 rings (SSSR count). The van der Waals surface area contributed by atoms with E-state index in [1.54, 1.807) is 0 Å². The molecule has 0 atom stereocenters. The van der Waals surface area contributed by atoms with E-state index in [0.29, 0.717) is 19.6 Å². The van der Waals surface area contributed by atoms with Crippen LogP contribution in [0.3, 0.4) is 0 Å². The van der Waals surface area contributed by atoms with E-state index >= 15 is 0 Å². The van der Waals surface area contributed by atoms with Gasteiger partial charge in [-0.1, -0.05) is 42.5 Å². The maximum Gasteiger partial charge on any atom is 0.224 e. The molecule has 0 fully saturated rings. The van der Waals surface area contributed by atoms with Crippen molar-refractivity contribution in [3.05, 3.63) is 96.8 Å². The van der Waals surface area contributed by atoms with E-state index in [0.717, 1.165) is 22.4 Å². The zero-order valence-corrected chi connectivity index (χ0v) is 15.5. The zero-order chi connectivity index (χ0) is 19.2. The van der Waals surface area contributed by atoms with Gasteiger partial charge in [0.25, 0.3) is 0 Å². The van der Waals surface area contributed by atoms with Gasteiger partial charge < -0.3 is 14.6 Å². The van der Waals surface area contributed by atoms with Gasteiger partial charge in [-0.05, 0) is 52.7 Å². The molecular weight excluding hydrogens is 348 g/mol. The van der Waals surface area contributed by atoms with E-state index < -0.39 is 0 Å². The van der Waals surface area contributed by atoms with Crippen LogP contribution in [0.5, 0.6) is 5.75 Å². The molecule has 1 aromatic heterocycles. The van der Waals surface area contributed by atoms with Gasteiger partial charge >= 0.3 is 0 Å². The molecule has 0 aliphatic rings. The summed E-state index contributed by atoms with van der Waals surface area (Å²) in [5.41, 5.74) is 2.07. The fourth-order valence-corrected chi connectivity index (χ4v) is 3.16. The van der Waals surface area contributed by atoms with Crippen LogP contribution in [0.1, 0.15) is 5.56 Å². The summed E-state index contributed by atoms with van der Waals surface area (Å²) >= 11 is 0. The molecule has 0 spiro atoms. The van der Waals surface area contributed by atoms with Gasteiger partial charge in [-0.25, -0.2) is 0 Å². The monoisotopic (exact) mass is 370 g/mol. The van der Waals surface area contributed by atoms with Gasteiger partial charge in [-0.2, -0.15) is 0 Å². The van der Waals surface area contributed by atoms with E-state index in [1.807, 2.05) is 83.7 Å². The van der Waals surface area contributed by atoms with Gasteiger partial charge in [0.1, 0.15) is 12.4 Å². The highest BCUT2D eigenvalue weighted by molar-refractivity contribution is 5.83. The van der Waals surface area contributed by atoms with E-state index in [4.69, 9.17) is 4.74 Å². The van der Waals surface area contributed by atoms with Gasteiger partial charge in [0.2, 0.25) is 5.91 Å². The van der Waals surface area contributed by atoms with Crippen LogP contribution in [0.25, 0.3) is 16.5 Å². The van der Waals surface area contributed by atoms with Crippen molar-refractivity contribution in [1.82, 2.24) is 9.88 Å². The van der Waals surface area contributed by atoms with Crippen LogP contribution in [-0.4, -0.2) is 23.6 Å². The Labute approximate surface area is 164 Å². The second kappa shape index (κ2) is 8.44. The quantitative estimate of drug-likeness (QED) is 0.491. The average molecular weight is 370 g/mol. The fourth-order valence-electron chi connectivity index (χ4n) is 3.16. The predicted molar refractivity (Wildman–Crippen MR) is 112 cm³/mol. The van der Waals surface area contributed by atoms with Gasteiger partial charge in [0.15, 0.2) is 0 Å². The third-order valence-corrected chi connectivity index (χ3v) is 4.62. The summed E-state index contributed by atoms with van der Waals surface area (Å²) in [5, 5.41) is 5.24. The first-order chi connectivity index (χ1) is 13.8. The molecule has 0 aliphatic carbocycles. The minimum atomic E-state index is -0.00387. The number of amides is 1. The summed E-state index contributed by atoms with van der Waals surface area (Å²) in [7, 11) is 0. The van der Waals surface area contributed by atoms with E-state index in [-0.39, 0.29) is 5.91 Å². The van der Waals surface area contributed by atoms with Gasteiger partial charge in [0.05, 0.1) is 13.0 Å². The Kier molecular flexibility index (Phi) is 5.38. The van der Waals surface area contributed by atoms with Crippen molar-refractivity contribution < 1.29 is 9.53 Å². The number of aromatic nitrogens is 1. The molecule has 4 aromatic rings. The van der Waals surface area contributed by atoms with Crippen molar-refractivity contribution in [2.45, 2.75) is 6.42 Å². The molecule has 140 valence electrons. The normalized spacial score (nSPS) is 10.7. The van der Waals surface area contributed by atoms with Crippen molar-refractivity contribution in [3.63, 3.8) is 0 Å². The highest BCUT2D eigenvalue weighted by atomic mass is 16.5. The van der Waals surface area contributed by atoms with Gasteiger partial charge in [-0.3, -0.25) is 4.79 Å². The molecule has 1 N–H and O–H groups in total. The molecule has 1 amide bonds. The number of rotatable bonds is 7. The van der Waals surface area contributed by atoms with E-state index in [2.05, 4.69) is 17.4 Å². The maximum absolute atomic E-state index is 12.1. The lowest BCUT2D eigenvalue weighted by atomic mass is 10.1.